The molecular weight excluding hydrogens is 238 g/mol. The summed E-state index contributed by atoms with van der Waals surface area (Å²) in [7, 11) is 3.49. The largest absolute Gasteiger partial charge is 0.496 e. The first-order valence-corrected chi connectivity index (χ1v) is 6.94. The maximum Gasteiger partial charge on any atom is 0.124 e. The Morgan fingerprint density at radius 1 is 1.21 bits per heavy atom. The highest BCUT2D eigenvalue weighted by atomic mass is 16.5. The van der Waals surface area contributed by atoms with Gasteiger partial charge in [-0.15, -0.1) is 0 Å². The summed E-state index contributed by atoms with van der Waals surface area (Å²) < 4.78 is 11.0. The molecule has 2 unspecified atom stereocenters. The molecule has 1 aromatic rings. The zero-order valence-corrected chi connectivity index (χ0v) is 13.0. The van der Waals surface area contributed by atoms with Gasteiger partial charge in [-0.3, -0.25) is 0 Å². The number of methoxy groups -OCH3 is 2. The first-order valence-electron chi connectivity index (χ1n) is 6.94. The summed E-state index contributed by atoms with van der Waals surface area (Å²) in [6.45, 7) is 9.39. The number of ether oxygens (including phenoxy) is 2. The summed E-state index contributed by atoms with van der Waals surface area (Å²) in [4.78, 5) is 0. The molecule has 1 N–H and O–H groups in total. The van der Waals surface area contributed by atoms with Gasteiger partial charge in [-0.1, -0.05) is 13.0 Å². The molecule has 0 radical (unpaired) electrons. The number of aryl methyl sites for hydroxylation is 2. The first-order chi connectivity index (χ1) is 9.03. The molecule has 0 aliphatic rings. The molecule has 0 saturated heterocycles. The van der Waals surface area contributed by atoms with E-state index in [4.69, 9.17) is 9.47 Å². The number of rotatable bonds is 7. The van der Waals surface area contributed by atoms with Crippen molar-refractivity contribution in [3.8, 4) is 5.75 Å². The summed E-state index contributed by atoms with van der Waals surface area (Å²) >= 11 is 0. The highest BCUT2D eigenvalue weighted by molar-refractivity contribution is 5.45. The van der Waals surface area contributed by atoms with Crippen molar-refractivity contribution in [3.63, 3.8) is 0 Å². The predicted octanol–water partition coefficient (Wildman–Crippen LogP) is 3.39. The SMILES string of the molecule is CCNC(CC(C)OC)c1c(C)cc(C)cc1OC. The summed E-state index contributed by atoms with van der Waals surface area (Å²) in [6.07, 6.45) is 1.15. The summed E-state index contributed by atoms with van der Waals surface area (Å²) in [6, 6.07) is 4.57. The van der Waals surface area contributed by atoms with E-state index in [1.165, 1.54) is 16.7 Å². The molecule has 1 rings (SSSR count). The van der Waals surface area contributed by atoms with Crippen molar-refractivity contribution in [3.05, 3.63) is 28.8 Å². The van der Waals surface area contributed by atoms with Crippen LogP contribution < -0.4 is 10.1 Å². The third-order valence-corrected chi connectivity index (χ3v) is 3.48. The van der Waals surface area contributed by atoms with Gasteiger partial charge in [-0.2, -0.15) is 0 Å². The highest BCUT2D eigenvalue weighted by Crippen LogP contribution is 2.32. The molecule has 19 heavy (non-hydrogen) atoms. The number of hydrogen-bond acceptors (Lipinski definition) is 3. The van der Waals surface area contributed by atoms with Gasteiger partial charge in [0.1, 0.15) is 5.75 Å². The maximum absolute atomic E-state index is 5.57. The third-order valence-electron chi connectivity index (χ3n) is 3.48. The fourth-order valence-electron chi connectivity index (χ4n) is 2.53. The zero-order chi connectivity index (χ0) is 14.4. The Bertz CT molecular complexity index is 404. The first kappa shape index (κ1) is 16.0. The molecule has 0 bridgehead atoms. The van der Waals surface area contributed by atoms with Crippen molar-refractivity contribution in [2.24, 2.45) is 0 Å². The molecule has 108 valence electrons. The molecule has 0 heterocycles. The molecule has 0 saturated carbocycles. The van der Waals surface area contributed by atoms with E-state index < -0.39 is 0 Å². The third kappa shape index (κ3) is 4.22. The smallest absolute Gasteiger partial charge is 0.124 e. The fourth-order valence-corrected chi connectivity index (χ4v) is 2.53. The van der Waals surface area contributed by atoms with Crippen molar-refractivity contribution in [2.45, 2.75) is 46.3 Å². The molecule has 0 aliphatic heterocycles. The Morgan fingerprint density at radius 2 is 1.89 bits per heavy atom. The van der Waals surface area contributed by atoms with Crippen LogP contribution in [-0.4, -0.2) is 26.9 Å². The second-order valence-corrected chi connectivity index (χ2v) is 5.09. The van der Waals surface area contributed by atoms with E-state index in [-0.39, 0.29) is 12.1 Å². The molecule has 0 spiro atoms. The average molecular weight is 265 g/mol. The highest BCUT2D eigenvalue weighted by Gasteiger charge is 2.20. The predicted molar refractivity (Wildman–Crippen MR) is 80.0 cm³/mol. The summed E-state index contributed by atoms with van der Waals surface area (Å²) in [5.74, 6) is 0.965. The number of nitrogens with one attached hydrogen (secondary N) is 1. The van der Waals surface area contributed by atoms with Gasteiger partial charge in [0, 0.05) is 18.7 Å². The van der Waals surface area contributed by atoms with Crippen LogP contribution in [0.5, 0.6) is 5.75 Å². The molecule has 0 aromatic heterocycles. The van der Waals surface area contributed by atoms with Crippen LogP contribution in [0.1, 0.15) is 43.0 Å². The molecule has 0 aliphatic carbocycles. The van der Waals surface area contributed by atoms with E-state index in [9.17, 15) is 0 Å². The van der Waals surface area contributed by atoms with Crippen LogP contribution in [-0.2, 0) is 4.74 Å². The van der Waals surface area contributed by atoms with E-state index in [0.29, 0.717) is 0 Å². The van der Waals surface area contributed by atoms with Crippen molar-refractivity contribution in [2.75, 3.05) is 20.8 Å². The monoisotopic (exact) mass is 265 g/mol. The van der Waals surface area contributed by atoms with Crippen LogP contribution in [0.2, 0.25) is 0 Å². The van der Waals surface area contributed by atoms with Gasteiger partial charge in [0.05, 0.1) is 13.2 Å². The second-order valence-electron chi connectivity index (χ2n) is 5.09. The van der Waals surface area contributed by atoms with Gasteiger partial charge in [-0.05, 0) is 50.9 Å². The molecular formula is C16H27NO2. The Hall–Kier alpha value is -1.06. The molecule has 3 nitrogen and oxygen atoms in total. The van der Waals surface area contributed by atoms with E-state index >= 15 is 0 Å². The van der Waals surface area contributed by atoms with E-state index in [2.05, 4.69) is 45.1 Å². The summed E-state index contributed by atoms with van der Waals surface area (Å²) in [5, 5.41) is 3.54. The van der Waals surface area contributed by atoms with Crippen LogP contribution in [0.25, 0.3) is 0 Å². The minimum Gasteiger partial charge on any atom is -0.496 e. The van der Waals surface area contributed by atoms with Gasteiger partial charge in [0.25, 0.3) is 0 Å². The van der Waals surface area contributed by atoms with Crippen LogP contribution in [0.4, 0.5) is 0 Å². The standard InChI is InChI=1S/C16H27NO2/c1-7-17-14(10-13(4)18-5)16-12(3)8-11(2)9-15(16)19-6/h8-9,13-14,17H,7,10H2,1-6H3. The average Bonchev–Trinajstić information content (AvgIpc) is 2.37. The van der Waals surface area contributed by atoms with Crippen LogP contribution in [0, 0.1) is 13.8 Å². The van der Waals surface area contributed by atoms with Gasteiger partial charge < -0.3 is 14.8 Å². The zero-order valence-electron chi connectivity index (χ0n) is 13.0. The van der Waals surface area contributed by atoms with Crippen molar-refractivity contribution in [1.82, 2.24) is 5.32 Å². The quantitative estimate of drug-likeness (QED) is 0.819. The number of hydrogen-bond donors (Lipinski definition) is 1. The van der Waals surface area contributed by atoms with Crippen molar-refractivity contribution in [1.29, 1.82) is 0 Å². The Kier molecular flexibility index (Phi) is 6.32. The molecule has 3 heteroatoms. The van der Waals surface area contributed by atoms with E-state index in [1.807, 2.05) is 0 Å². The van der Waals surface area contributed by atoms with E-state index in [1.54, 1.807) is 14.2 Å². The second kappa shape index (κ2) is 7.51. The van der Waals surface area contributed by atoms with Crippen molar-refractivity contribution < 1.29 is 9.47 Å². The minimum atomic E-state index is 0.217. The van der Waals surface area contributed by atoms with E-state index in [0.717, 1.165) is 18.7 Å². The summed E-state index contributed by atoms with van der Waals surface area (Å²) in [5.41, 5.74) is 3.75. The van der Waals surface area contributed by atoms with Crippen LogP contribution >= 0.6 is 0 Å². The molecule has 1 aromatic carbocycles. The van der Waals surface area contributed by atoms with Crippen LogP contribution in [0.15, 0.2) is 12.1 Å². The normalized spacial score (nSPS) is 14.2. The number of benzene rings is 1. The Morgan fingerprint density at radius 3 is 2.42 bits per heavy atom. The lowest BCUT2D eigenvalue weighted by Gasteiger charge is -2.25. The van der Waals surface area contributed by atoms with Crippen molar-refractivity contribution >= 4 is 0 Å². The molecule has 0 fully saturated rings. The molecule has 2 atom stereocenters. The van der Waals surface area contributed by atoms with Gasteiger partial charge in [-0.25, -0.2) is 0 Å². The minimum absolute atomic E-state index is 0.217. The fraction of sp³-hybridized carbons (Fsp3) is 0.625. The lowest BCUT2D eigenvalue weighted by molar-refractivity contribution is 0.100. The van der Waals surface area contributed by atoms with Gasteiger partial charge in [0.15, 0.2) is 0 Å². The lowest BCUT2D eigenvalue weighted by Crippen LogP contribution is -2.26. The van der Waals surface area contributed by atoms with Crippen LogP contribution in [0.3, 0.4) is 0 Å². The maximum atomic E-state index is 5.57. The Labute approximate surface area is 117 Å². The Balaban J connectivity index is 3.13. The van der Waals surface area contributed by atoms with Gasteiger partial charge >= 0.3 is 0 Å². The molecule has 0 amide bonds. The topological polar surface area (TPSA) is 30.5 Å². The lowest BCUT2D eigenvalue weighted by atomic mass is 9.94. The van der Waals surface area contributed by atoms with Gasteiger partial charge in [0.2, 0.25) is 0 Å².